The van der Waals surface area contributed by atoms with Gasteiger partial charge in [-0.25, -0.2) is 4.79 Å². The molecule has 114 valence electrons. The molecule has 0 atom stereocenters. The van der Waals surface area contributed by atoms with E-state index in [1.165, 1.54) is 11.8 Å². The van der Waals surface area contributed by atoms with E-state index in [1.54, 1.807) is 12.1 Å². The highest BCUT2D eigenvalue weighted by atomic mass is 35.5. The molecule has 6 nitrogen and oxygen atoms in total. The first kappa shape index (κ1) is 14.6. The van der Waals surface area contributed by atoms with E-state index in [0.29, 0.717) is 5.69 Å². The molecule has 1 aromatic heterocycles. The fraction of sp³-hybridized carbons (Fsp3) is 0.267. The molecule has 0 amide bonds. The third kappa shape index (κ3) is 2.69. The largest absolute Gasteiger partial charge is 0.478 e. The zero-order valence-electron chi connectivity index (χ0n) is 12.0. The molecular weight excluding hydrogens is 304 g/mol. The normalized spacial score (nSPS) is 15.6. The second kappa shape index (κ2) is 5.81. The molecule has 1 aromatic carbocycles. The quantitative estimate of drug-likeness (QED) is 0.853. The maximum absolute atomic E-state index is 11.1. The Morgan fingerprint density at radius 3 is 3.05 bits per heavy atom. The van der Waals surface area contributed by atoms with Crippen LogP contribution in [-0.4, -0.2) is 26.6 Å². The van der Waals surface area contributed by atoms with Crippen molar-refractivity contribution in [3.8, 4) is 0 Å². The zero-order valence-corrected chi connectivity index (χ0v) is 12.8. The fourth-order valence-corrected chi connectivity index (χ4v) is 2.76. The minimum absolute atomic E-state index is 0.0533. The van der Waals surface area contributed by atoms with Gasteiger partial charge in [0.25, 0.3) is 0 Å². The number of benzene rings is 1. The second-order valence-electron chi connectivity index (χ2n) is 5.15. The summed E-state index contributed by atoms with van der Waals surface area (Å²) in [5, 5.41) is 18.0. The van der Waals surface area contributed by atoms with Gasteiger partial charge in [0.15, 0.2) is 0 Å². The van der Waals surface area contributed by atoms with Crippen molar-refractivity contribution in [1.29, 1.82) is 0 Å². The molecule has 0 spiro atoms. The molecule has 0 fully saturated rings. The van der Waals surface area contributed by atoms with Crippen molar-refractivity contribution in [2.75, 3.05) is 5.43 Å². The Hall–Kier alpha value is -2.34. The van der Waals surface area contributed by atoms with Crippen LogP contribution >= 0.6 is 11.6 Å². The van der Waals surface area contributed by atoms with Gasteiger partial charge in [-0.3, -0.25) is 10.1 Å². The number of fused-ring (bicyclic) bond motifs is 1. The predicted octanol–water partition coefficient (Wildman–Crippen LogP) is 2.92. The smallest absolute Gasteiger partial charge is 0.337 e. The molecule has 0 aliphatic heterocycles. The minimum atomic E-state index is -1.06. The first-order valence-electron chi connectivity index (χ1n) is 6.93. The van der Waals surface area contributed by atoms with E-state index in [0.717, 1.165) is 30.5 Å². The van der Waals surface area contributed by atoms with Gasteiger partial charge in [-0.15, -0.1) is 0 Å². The molecule has 0 saturated carbocycles. The Labute approximate surface area is 132 Å². The fourth-order valence-electron chi connectivity index (χ4n) is 2.57. The Morgan fingerprint density at radius 1 is 1.45 bits per heavy atom. The van der Waals surface area contributed by atoms with Crippen LogP contribution in [-0.2, 0) is 13.5 Å². The summed E-state index contributed by atoms with van der Waals surface area (Å²) in [7, 11) is 1.92. The van der Waals surface area contributed by atoms with E-state index in [2.05, 4.69) is 15.6 Å². The van der Waals surface area contributed by atoms with Crippen LogP contribution in [0.3, 0.4) is 0 Å². The number of aromatic carboxylic acids is 1. The number of carboxylic acid groups (broad SMARTS) is 1. The van der Waals surface area contributed by atoms with Gasteiger partial charge < -0.3 is 5.11 Å². The number of carboxylic acids is 1. The topological polar surface area (TPSA) is 79.5 Å². The Morgan fingerprint density at radius 2 is 2.27 bits per heavy atom. The van der Waals surface area contributed by atoms with Crippen LogP contribution < -0.4 is 5.43 Å². The molecule has 7 heteroatoms. The number of nitrogens with one attached hydrogen (secondary N) is 1. The molecule has 0 saturated heterocycles. The monoisotopic (exact) mass is 318 g/mol. The highest BCUT2D eigenvalue weighted by Crippen LogP contribution is 2.23. The molecule has 1 aliphatic rings. The lowest BCUT2D eigenvalue weighted by Crippen LogP contribution is -2.14. The average molecular weight is 319 g/mol. The van der Waals surface area contributed by atoms with Gasteiger partial charge in [0, 0.05) is 18.3 Å². The number of hydrogen-bond donors (Lipinski definition) is 2. The van der Waals surface area contributed by atoms with Crippen LogP contribution in [0.4, 0.5) is 5.69 Å². The number of hydrogen-bond acceptors (Lipinski definition) is 4. The van der Waals surface area contributed by atoms with Crippen molar-refractivity contribution in [3.05, 3.63) is 46.2 Å². The number of hydrazone groups is 1. The maximum atomic E-state index is 11.1. The third-order valence-electron chi connectivity index (χ3n) is 3.72. The summed E-state index contributed by atoms with van der Waals surface area (Å²) in [6, 6.07) is 4.72. The number of aromatic nitrogens is 2. The molecule has 1 heterocycles. The molecule has 3 rings (SSSR count). The number of halogens is 1. The number of aryl methyl sites for hydroxylation is 1. The SMILES string of the molecule is Cn1ncc2c1CCCC2=NNc1ccc(Cl)c(C(=O)O)c1. The van der Waals surface area contributed by atoms with Crippen LogP contribution in [0, 0.1) is 0 Å². The molecule has 2 aromatic rings. The lowest BCUT2D eigenvalue weighted by atomic mass is 9.96. The predicted molar refractivity (Wildman–Crippen MR) is 84.7 cm³/mol. The van der Waals surface area contributed by atoms with Crippen LogP contribution in [0.25, 0.3) is 0 Å². The molecule has 1 aliphatic carbocycles. The summed E-state index contributed by atoms with van der Waals surface area (Å²) in [6.45, 7) is 0. The number of nitrogens with zero attached hydrogens (tertiary/aromatic N) is 3. The van der Waals surface area contributed by atoms with Crippen LogP contribution in [0.2, 0.25) is 5.02 Å². The summed E-state index contributed by atoms with van der Waals surface area (Å²) >= 11 is 5.85. The van der Waals surface area contributed by atoms with Crippen molar-refractivity contribution >= 4 is 29.0 Å². The van der Waals surface area contributed by atoms with Gasteiger partial charge in [-0.05, 0) is 37.5 Å². The first-order chi connectivity index (χ1) is 10.6. The average Bonchev–Trinajstić information content (AvgIpc) is 2.88. The molecule has 2 N–H and O–H groups in total. The van der Waals surface area contributed by atoms with Gasteiger partial charge in [0.05, 0.1) is 28.2 Å². The van der Waals surface area contributed by atoms with Crippen LogP contribution in [0.5, 0.6) is 0 Å². The molecular formula is C15H15ClN4O2. The molecule has 0 radical (unpaired) electrons. The van der Waals surface area contributed by atoms with Gasteiger partial charge >= 0.3 is 5.97 Å². The van der Waals surface area contributed by atoms with Crippen LogP contribution in [0.15, 0.2) is 29.5 Å². The zero-order chi connectivity index (χ0) is 15.7. The molecule has 22 heavy (non-hydrogen) atoms. The number of anilines is 1. The van der Waals surface area contributed by atoms with E-state index in [4.69, 9.17) is 16.7 Å². The van der Waals surface area contributed by atoms with E-state index < -0.39 is 5.97 Å². The highest BCUT2D eigenvalue weighted by Gasteiger charge is 2.19. The summed E-state index contributed by atoms with van der Waals surface area (Å²) in [4.78, 5) is 11.1. The van der Waals surface area contributed by atoms with Crippen molar-refractivity contribution in [2.24, 2.45) is 12.1 Å². The van der Waals surface area contributed by atoms with E-state index in [9.17, 15) is 4.79 Å². The summed E-state index contributed by atoms with van der Waals surface area (Å²) in [5.74, 6) is -1.06. The van der Waals surface area contributed by atoms with Gasteiger partial charge in [-0.2, -0.15) is 10.2 Å². The van der Waals surface area contributed by atoms with E-state index in [1.807, 2.05) is 17.9 Å². The summed E-state index contributed by atoms with van der Waals surface area (Å²) < 4.78 is 1.87. The van der Waals surface area contributed by atoms with Crippen molar-refractivity contribution in [2.45, 2.75) is 19.3 Å². The maximum Gasteiger partial charge on any atom is 0.337 e. The van der Waals surface area contributed by atoms with E-state index in [-0.39, 0.29) is 10.6 Å². The second-order valence-corrected chi connectivity index (χ2v) is 5.56. The van der Waals surface area contributed by atoms with E-state index >= 15 is 0 Å². The van der Waals surface area contributed by atoms with Crippen molar-refractivity contribution in [1.82, 2.24) is 9.78 Å². The van der Waals surface area contributed by atoms with Crippen molar-refractivity contribution in [3.63, 3.8) is 0 Å². The lowest BCUT2D eigenvalue weighted by Gasteiger charge is -2.15. The Balaban J connectivity index is 1.86. The van der Waals surface area contributed by atoms with Crippen molar-refractivity contribution < 1.29 is 9.90 Å². The molecule has 0 unspecified atom stereocenters. The Bertz CT molecular complexity index is 767. The van der Waals surface area contributed by atoms with Gasteiger partial charge in [-0.1, -0.05) is 11.6 Å². The summed E-state index contributed by atoms with van der Waals surface area (Å²) in [6.07, 6.45) is 4.70. The number of rotatable bonds is 3. The van der Waals surface area contributed by atoms with Gasteiger partial charge in [0.1, 0.15) is 0 Å². The molecule has 0 bridgehead atoms. The number of carbonyl (C=O) groups is 1. The minimum Gasteiger partial charge on any atom is -0.478 e. The Kier molecular flexibility index (Phi) is 3.85. The van der Waals surface area contributed by atoms with Crippen LogP contribution in [0.1, 0.15) is 34.5 Å². The van der Waals surface area contributed by atoms with Gasteiger partial charge in [0.2, 0.25) is 0 Å². The summed E-state index contributed by atoms with van der Waals surface area (Å²) in [5.41, 5.74) is 6.71. The first-order valence-corrected chi connectivity index (χ1v) is 7.30. The lowest BCUT2D eigenvalue weighted by molar-refractivity contribution is 0.0697. The third-order valence-corrected chi connectivity index (χ3v) is 4.05. The highest BCUT2D eigenvalue weighted by molar-refractivity contribution is 6.33. The standard InChI is InChI=1S/C15H15ClN4O2/c1-20-14-4-2-3-13(11(14)8-17-20)19-18-9-5-6-12(16)10(7-9)15(21)22/h5-8,18H,2-4H2,1H3,(H,21,22).